The number of hydrogen-bond donors (Lipinski definition) is 1. The van der Waals surface area contributed by atoms with Gasteiger partial charge < -0.3 is 14.7 Å². The molecule has 7 nitrogen and oxygen atoms in total. The van der Waals surface area contributed by atoms with Gasteiger partial charge in [-0.05, 0) is 12.1 Å². The van der Waals surface area contributed by atoms with Gasteiger partial charge in [-0.25, -0.2) is 0 Å². The lowest BCUT2D eigenvalue weighted by atomic mass is 10.1. The van der Waals surface area contributed by atoms with Crippen molar-refractivity contribution in [2.75, 3.05) is 26.4 Å². The molecular weight excluding hydrogens is 252 g/mol. The second-order valence-corrected chi connectivity index (χ2v) is 4.21. The average Bonchev–Trinajstić information content (AvgIpc) is 2.46. The zero-order chi connectivity index (χ0) is 13.8. The van der Waals surface area contributed by atoms with Gasteiger partial charge in [-0.2, -0.15) is 0 Å². The summed E-state index contributed by atoms with van der Waals surface area (Å²) in [7, 11) is 0. The van der Waals surface area contributed by atoms with E-state index in [1.165, 1.54) is 29.2 Å². The van der Waals surface area contributed by atoms with E-state index in [-0.39, 0.29) is 24.2 Å². The minimum Gasteiger partial charge on any atom is -0.394 e. The molecule has 0 radical (unpaired) electrons. The maximum absolute atomic E-state index is 12.2. The molecule has 1 saturated heterocycles. The minimum absolute atomic E-state index is 0.0581. The quantitative estimate of drug-likeness (QED) is 0.632. The molecule has 1 aromatic rings. The molecule has 7 heteroatoms. The van der Waals surface area contributed by atoms with Gasteiger partial charge in [-0.3, -0.25) is 14.9 Å². The summed E-state index contributed by atoms with van der Waals surface area (Å²) >= 11 is 0. The SMILES string of the molecule is O=C(c1ccc([N+](=O)[O-])cc1)N1CCOCC1CO. The van der Waals surface area contributed by atoms with Crippen LogP contribution in [-0.4, -0.2) is 53.2 Å². The van der Waals surface area contributed by atoms with Crippen LogP contribution in [0.25, 0.3) is 0 Å². The molecule has 1 amide bonds. The van der Waals surface area contributed by atoms with Crippen LogP contribution in [0.5, 0.6) is 0 Å². The number of nitrogens with zero attached hydrogens (tertiary/aromatic N) is 2. The van der Waals surface area contributed by atoms with Crippen LogP contribution in [0.4, 0.5) is 5.69 Å². The Kier molecular flexibility index (Phi) is 4.08. The zero-order valence-electron chi connectivity index (χ0n) is 10.2. The number of aliphatic hydroxyl groups excluding tert-OH is 1. The van der Waals surface area contributed by atoms with Crippen LogP contribution in [0, 0.1) is 10.1 Å². The average molecular weight is 266 g/mol. The first-order chi connectivity index (χ1) is 9.13. The van der Waals surface area contributed by atoms with Crippen molar-refractivity contribution in [2.24, 2.45) is 0 Å². The van der Waals surface area contributed by atoms with Gasteiger partial charge >= 0.3 is 0 Å². The summed E-state index contributed by atoms with van der Waals surface area (Å²) in [6, 6.07) is 5.06. The Balaban J connectivity index is 2.16. The second-order valence-electron chi connectivity index (χ2n) is 4.21. The molecule has 19 heavy (non-hydrogen) atoms. The highest BCUT2D eigenvalue weighted by Gasteiger charge is 2.27. The van der Waals surface area contributed by atoms with E-state index >= 15 is 0 Å². The number of non-ortho nitro benzene ring substituents is 1. The molecular formula is C12H14N2O5. The van der Waals surface area contributed by atoms with E-state index in [0.717, 1.165) is 0 Å². The molecule has 0 saturated carbocycles. The van der Waals surface area contributed by atoms with E-state index in [1.54, 1.807) is 0 Å². The highest BCUT2D eigenvalue weighted by atomic mass is 16.6. The van der Waals surface area contributed by atoms with Gasteiger partial charge in [-0.1, -0.05) is 0 Å². The number of hydrogen-bond acceptors (Lipinski definition) is 5. The molecule has 1 atom stereocenters. The highest BCUT2D eigenvalue weighted by molar-refractivity contribution is 5.94. The first-order valence-corrected chi connectivity index (χ1v) is 5.87. The molecule has 1 unspecified atom stereocenters. The van der Waals surface area contributed by atoms with Gasteiger partial charge in [0.2, 0.25) is 0 Å². The Morgan fingerprint density at radius 2 is 2.16 bits per heavy atom. The predicted molar refractivity (Wildman–Crippen MR) is 65.8 cm³/mol. The monoisotopic (exact) mass is 266 g/mol. The molecule has 0 aromatic heterocycles. The number of nitro benzene ring substituents is 1. The lowest BCUT2D eigenvalue weighted by Gasteiger charge is -2.34. The fraction of sp³-hybridized carbons (Fsp3) is 0.417. The first-order valence-electron chi connectivity index (χ1n) is 5.87. The number of rotatable bonds is 3. The minimum atomic E-state index is -0.514. The van der Waals surface area contributed by atoms with Crippen LogP contribution >= 0.6 is 0 Å². The summed E-state index contributed by atoms with van der Waals surface area (Å²) in [5.41, 5.74) is 0.309. The molecule has 1 heterocycles. The molecule has 0 spiro atoms. The van der Waals surface area contributed by atoms with E-state index in [0.29, 0.717) is 25.3 Å². The van der Waals surface area contributed by atoms with Crippen LogP contribution < -0.4 is 0 Å². The standard InChI is InChI=1S/C12H14N2O5/c15-7-11-8-19-6-5-13(11)12(16)9-1-3-10(4-2-9)14(17)18/h1-4,11,15H,5-8H2. The molecule has 0 bridgehead atoms. The summed E-state index contributed by atoms with van der Waals surface area (Å²) in [6.45, 7) is 0.963. The van der Waals surface area contributed by atoms with Crippen LogP contribution in [-0.2, 0) is 4.74 Å². The molecule has 1 fully saturated rings. The van der Waals surface area contributed by atoms with E-state index < -0.39 is 4.92 Å². The number of benzene rings is 1. The lowest BCUT2D eigenvalue weighted by Crippen LogP contribution is -2.50. The summed E-state index contributed by atoms with van der Waals surface area (Å²) in [5, 5.41) is 19.8. The number of morpholine rings is 1. The van der Waals surface area contributed by atoms with Crippen molar-refractivity contribution in [3.8, 4) is 0 Å². The van der Waals surface area contributed by atoms with Crippen molar-refractivity contribution < 1.29 is 19.6 Å². The Labute approximate surface area is 109 Å². The maximum Gasteiger partial charge on any atom is 0.269 e. The number of nitro groups is 1. The molecule has 102 valence electrons. The van der Waals surface area contributed by atoms with E-state index in [2.05, 4.69) is 0 Å². The Morgan fingerprint density at radius 3 is 2.74 bits per heavy atom. The largest absolute Gasteiger partial charge is 0.394 e. The van der Waals surface area contributed by atoms with Crippen molar-refractivity contribution in [3.63, 3.8) is 0 Å². The number of aliphatic hydroxyl groups is 1. The van der Waals surface area contributed by atoms with E-state index in [4.69, 9.17) is 4.74 Å². The molecule has 1 aliphatic heterocycles. The van der Waals surface area contributed by atoms with Crippen molar-refractivity contribution >= 4 is 11.6 Å². The highest BCUT2D eigenvalue weighted by Crippen LogP contribution is 2.16. The summed E-state index contributed by atoms with van der Waals surface area (Å²) < 4.78 is 5.20. The van der Waals surface area contributed by atoms with Crippen molar-refractivity contribution in [3.05, 3.63) is 39.9 Å². The molecule has 1 N–H and O–H groups in total. The summed E-state index contributed by atoms with van der Waals surface area (Å²) in [4.78, 5) is 23.8. The normalized spacial score (nSPS) is 19.2. The number of carbonyl (C=O) groups excluding carboxylic acids is 1. The number of carbonyl (C=O) groups is 1. The van der Waals surface area contributed by atoms with Crippen molar-refractivity contribution in [2.45, 2.75) is 6.04 Å². The second kappa shape index (κ2) is 5.77. The predicted octanol–water partition coefficient (Wildman–Crippen LogP) is 0.428. The smallest absolute Gasteiger partial charge is 0.269 e. The Morgan fingerprint density at radius 1 is 1.47 bits per heavy atom. The van der Waals surface area contributed by atoms with Crippen molar-refractivity contribution in [1.29, 1.82) is 0 Å². The van der Waals surface area contributed by atoms with Gasteiger partial charge in [0.25, 0.3) is 11.6 Å². The first kappa shape index (κ1) is 13.4. The van der Waals surface area contributed by atoms with E-state index in [9.17, 15) is 20.0 Å². The van der Waals surface area contributed by atoms with Crippen LogP contribution in [0.2, 0.25) is 0 Å². The number of ether oxygens (including phenoxy) is 1. The third-order valence-electron chi connectivity index (χ3n) is 3.02. The van der Waals surface area contributed by atoms with Gasteiger partial charge in [0.15, 0.2) is 0 Å². The van der Waals surface area contributed by atoms with Gasteiger partial charge in [0.1, 0.15) is 0 Å². The van der Waals surface area contributed by atoms with Crippen LogP contribution in [0.3, 0.4) is 0 Å². The van der Waals surface area contributed by atoms with Crippen molar-refractivity contribution in [1.82, 2.24) is 4.90 Å². The lowest BCUT2D eigenvalue weighted by molar-refractivity contribution is -0.384. The fourth-order valence-electron chi connectivity index (χ4n) is 1.96. The fourth-order valence-corrected chi connectivity index (χ4v) is 1.96. The topological polar surface area (TPSA) is 92.9 Å². The molecule has 1 aromatic carbocycles. The van der Waals surface area contributed by atoms with E-state index in [1.807, 2.05) is 0 Å². The molecule has 1 aliphatic rings. The van der Waals surface area contributed by atoms with Gasteiger partial charge in [-0.15, -0.1) is 0 Å². The molecule has 0 aliphatic carbocycles. The maximum atomic E-state index is 12.2. The zero-order valence-corrected chi connectivity index (χ0v) is 10.2. The van der Waals surface area contributed by atoms with Crippen LogP contribution in [0.15, 0.2) is 24.3 Å². The van der Waals surface area contributed by atoms with Gasteiger partial charge in [0.05, 0.1) is 30.8 Å². The third-order valence-corrected chi connectivity index (χ3v) is 3.02. The van der Waals surface area contributed by atoms with Gasteiger partial charge in [0, 0.05) is 24.2 Å². The Bertz CT molecular complexity index is 474. The van der Waals surface area contributed by atoms with Crippen LogP contribution in [0.1, 0.15) is 10.4 Å². The third kappa shape index (κ3) is 2.88. The molecule has 2 rings (SSSR count). The summed E-state index contributed by atoms with van der Waals surface area (Å²) in [5.74, 6) is -0.253. The Hall–Kier alpha value is -1.99. The number of amides is 1. The summed E-state index contributed by atoms with van der Waals surface area (Å²) in [6.07, 6.45) is 0.